The van der Waals surface area contributed by atoms with Crippen LogP contribution in [0, 0.1) is 5.92 Å². The van der Waals surface area contributed by atoms with Gasteiger partial charge in [-0.15, -0.1) is 0 Å². The zero-order chi connectivity index (χ0) is 71.9. The smallest absolute Gasteiger partial charge is 0.462 e. The number of rotatable bonds is 79. The Balaban J connectivity index is 5.21. The lowest BCUT2D eigenvalue weighted by Gasteiger charge is -2.21. The maximum absolute atomic E-state index is 13.1. The van der Waals surface area contributed by atoms with Gasteiger partial charge in [-0.1, -0.05) is 369 Å². The lowest BCUT2D eigenvalue weighted by molar-refractivity contribution is -0.161. The summed E-state index contributed by atoms with van der Waals surface area (Å²) in [6.07, 6.45) is 62.4. The zero-order valence-corrected chi connectivity index (χ0v) is 65.7. The molecular weight excluding hydrogens is 1280 g/mol. The molecule has 0 aliphatic rings. The van der Waals surface area contributed by atoms with Crippen LogP contribution >= 0.6 is 15.6 Å². The number of ether oxygens (including phenoxy) is 4. The average molecular weight is 1440 g/mol. The van der Waals surface area contributed by atoms with Crippen LogP contribution in [-0.2, 0) is 65.4 Å². The van der Waals surface area contributed by atoms with E-state index in [1.165, 1.54) is 244 Å². The third-order valence-electron chi connectivity index (χ3n) is 18.5. The number of aliphatic hydroxyl groups is 1. The van der Waals surface area contributed by atoms with E-state index in [0.29, 0.717) is 25.7 Å². The minimum Gasteiger partial charge on any atom is -0.462 e. The summed E-state index contributed by atoms with van der Waals surface area (Å²) in [5.41, 5.74) is 0. The Labute approximate surface area is 600 Å². The third kappa shape index (κ3) is 72.4. The Bertz CT molecular complexity index is 1870. The molecule has 0 aromatic carbocycles. The molecule has 0 fully saturated rings. The molecule has 19 heteroatoms. The summed E-state index contributed by atoms with van der Waals surface area (Å²) >= 11 is 0. The lowest BCUT2D eigenvalue weighted by Crippen LogP contribution is -2.30. The Kier molecular flexibility index (Phi) is 70.6. The maximum Gasteiger partial charge on any atom is 0.472 e. The van der Waals surface area contributed by atoms with Crippen LogP contribution in [0.4, 0.5) is 0 Å². The highest BCUT2D eigenvalue weighted by molar-refractivity contribution is 7.47. The molecule has 0 radical (unpaired) electrons. The van der Waals surface area contributed by atoms with Gasteiger partial charge in [0.15, 0.2) is 12.2 Å². The molecule has 0 aliphatic carbocycles. The van der Waals surface area contributed by atoms with Crippen molar-refractivity contribution in [1.29, 1.82) is 0 Å². The van der Waals surface area contributed by atoms with E-state index < -0.39 is 97.5 Å². The van der Waals surface area contributed by atoms with Crippen molar-refractivity contribution in [2.24, 2.45) is 5.92 Å². The van der Waals surface area contributed by atoms with Crippen molar-refractivity contribution in [2.75, 3.05) is 39.6 Å². The van der Waals surface area contributed by atoms with Crippen LogP contribution < -0.4 is 0 Å². The topological polar surface area (TPSA) is 237 Å². The molecule has 3 N–H and O–H groups in total. The van der Waals surface area contributed by atoms with Crippen LogP contribution in [0.2, 0.25) is 0 Å². The van der Waals surface area contributed by atoms with Crippen LogP contribution in [0.3, 0.4) is 0 Å². The summed E-state index contributed by atoms with van der Waals surface area (Å²) in [5.74, 6) is -1.37. The molecule has 582 valence electrons. The van der Waals surface area contributed by atoms with Crippen LogP contribution in [0.1, 0.15) is 420 Å². The van der Waals surface area contributed by atoms with Crippen LogP contribution in [-0.4, -0.2) is 96.7 Å². The molecular formula is C79H154O17P2. The molecule has 5 atom stereocenters. The Morgan fingerprint density at radius 1 is 0.276 bits per heavy atom. The normalized spacial score (nSPS) is 13.9. The van der Waals surface area contributed by atoms with E-state index in [1.807, 2.05) is 0 Å². The molecule has 0 saturated carbocycles. The number of carbonyl (C=O) groups is 4. The van der Waals surface area contributed by atoms with Crippen molar-refractivity contribution >= 4 is 39.5 Å². The van der Waals surface area contributed by atoms with Gasteiger partial charge in [-0.25, -0.2) is 9.13 Å². The Hall–Kier alpha value is -1.94. The number of carbonyl (C=O) groups excluding carboxylic acids is 4. The number of hydrogen-bond acceptors (Lipinski definition) is 15. The number of phosphoric acid groups is 2. The summed E-state index contributed by atoms with van der Waals surface area (Å²) in [6, 6.07) is 0. The predicted molar refractivity (Wildman–Crippen MR) is 400 cm³/mol. The van der Waals surface area contributed by atoms with Gasteiger partial charge in [0, 0.05) is 25.7 Å². The SMILES string of the molecule is CCCCCCCCCCCCCCCCCCCCCCCC(=O)O[C@H](COC(=O)CCCCCCCCCCCCCCC)COP(=O)(O)OC[C@@H](O)COP(=O)(O)OC[C@@H](COC(=O)CCCCCCCCCCCCCC)OC(=O)CCCCCCCCCCCC(C)C. The molecule has 0 aliphatic heterocycles. The highest BCUT2D eigenvalue weighted by Gasteiger charge is 2.30. The van der Waals surface area contributed by atoms with Gasteiger partial charge in [0.1, 0.15) is 19.3 Å². The number of phosphoric ester groups is 2. The van der Waals surface area contributed by atoms with Gasteiger partial charge in [-0.2, -0.15) is 0 Å². The molecule has 0 aromatic heterocycles. The van der Waals surface area contributed by atoms with Crippen molar-refractivity contribution in [3.8, 4) is 0 Å². The molecule has 0 amide bonds. The molecule has 0 saturated heterocycles. The third-order valence-corrected chi connectivity index (χ3v) is 20.4. The van der Waals surface area contributed by atoms with Gasteiger partial charge in [0.2, 0.25) is 0 Å². The first-order valence-electron chi connectivity index (χ1n) is 41.1. The fourth-order valence-corrected chi connectivity index (χ4v) is 13.8. The Morgan fingerprint density at radius 3 is 0.694 bits per heavy atom. The monoisotopic (exact) mass is 1440 g/mol. The van der Waals surface area contributed by atoms with E-state index in [1.54, 1.807) is 0 Å². The largest absolute Gasteiger partial charge is 0.472 e. The molecule has 17 nitrogen and oxygen atoms in total. The van der Waals surface area contributed by atoms with Crippen LogP contribution in [0.5, 0.6) is 0 Å². The second-order valence-electron chi connectivity index (χ2n) is 28.9. The van der Waals surface area contributed by atoms with Crippen LogP contribution in [0.15, 0.2) is 0 Å². The minimum atomic E-state index is -4.96. The fourth-order valence-electron chi connectivity index (χ4n) is 12.2. The second kappa shape index (κ2) is 72.0. The van der Waals surface area contributed by atoms with E-state index in [2.05, 4.69) is 34.6 Å². The van der Waals surface area contributed by atoms with Gasteiger partial charge < -0.3 is 33.8 Å². The van der Waals surface area contributed by atoms with Gasteiger partial charge in [0.05, 0.1) is 26.4 Å². The molecule has 98 heavy (non-hydrogen) atoms. The first-order chi connectivity index (χ1) is 47.5. The predicted octanol–water partition coefficient (Wildman–Crippen LogP) is 23.6. The summed E-state index contributed by atoms with van der Waals surface area (Å²) < 4.78 is 68.6. The van der Waals surface area contributed by atoms with Gasteiger partial charge in [-0.05, 0) is 31.6 Å². The first kappa shape index (κ1) is 96.1. The highest BCUT2D eigenvalue weighted by atomic mass is 31.2. The number of esters is 4. The van der Waals surface area contributed by atoms with E-state index >= 15 is 0 Å². The lowest BCUT2D eigenvalue weighted by atomic mass is 10.0. The van der Waals surface area contributed by atoms with Gasteiger partial charge >= 0.3 is 39.5 Å². The van der Waals surface area contributed by atoms with Gasteiger partial charge in [0.25, 0.3) is 0 Å². The zero-order valence-electron chi connectivity index (χ0n) is 63.9. The molecule has 0 spiro atoms. The van der Waals surface area contributed by atoms with Crippen LogP contribution in [0.25, 0.3) is 0 Å². The summed E-state index contributed by atoms with van der Waals surface area (Å²) in [5, 5.41) is 10.6. The van der Waals surface area contributed by atoms with Crippen molar-refractivity contribution in [1.82, 2.24) is 0 Å². The second-order valence-corrected chi connectivity index (χ2v) is 31.8. The van der Waals surface area contributed by atoms with Gasteiger partial charge in [-0.3, -0.25) is 37.3 Å². The molecule has 2 unspecified atom stereocenters. The first-order valence-corrected chi connectivity index (χ1v) is 44.1. The number of hydrogen-bond donors (Lipinski definition) is 3. The highest BCUT2D eigenvalue weighted by Crippen LogP contribution is 2.45. The molecule has 0 bridgehead atoms. The minimum absolute atomic E-state index is 0.106. The molecule has 0 heterocycles. The van der Waals surface area contributed by atoms with Crippen molar-refractivity contribution in [2.45, 2.75) is 438 Å². The van der Waals surface area contributed by atoms with E-state index in [-0.39, 0.29) is 25.7 Å². The quantitative estimate of drug-likeness (QED) is 0.0222. The average Bonchev–Trinajstić information content (AvgIpc) is 1.55. The Morgan fingerprint density at radius 2 is 0.469 bits per heavy atom. The number of unbranched alkanes of at least 4 members (excludes halogenated alkanes) is 51. The fraction of sp³-hybridized carbons (Fsp3) is 0.949. The van der Waals surface area contributed by atoms with Crippen molar-refractivity contribution < 1.29 is 80.2 Å². The maximum atomic E-state index is 13.1. The summed E-state index contributed by atoms with van der Waals surface area (Å²) in [6.45, 7) is 7.29. The summed E-state index contributed by atoms with van der Waals surface area (Å²) in [4.78, 5) is 72.9. The van der Waals surface area contributed by atoms with E-state index in [0.717, 1.165) is 95.8 Å². The standard InChI is InChI=1S/C79H154O17P2/c1-6-9-12-15-18-21-24-27-28-29-30-31-32-33-34-36-39-44-49-54-59-64-78(83)95-74(68-90-77(82)63-58-53-48-43-38-35-25-22-19-16-13-10-7-2)70-93-97(85,86)91-66-73(80)67-92-98(87,88)94-71-75(96-79(84)65-60-55-50-45-40-41-46-51-56-61-72(4)5)69-89-76(81)62-57-52-47-42-37-26-23-20-17-14-11-8-3/h72-75,80H,6-71H2,1-5H3,(H,85,86)(H,87,88)/t73-,74-,75-/m1/s1. The summed E-state index contributed by atoms with van der Waals surface area (Å²) in [7, 11) is -9.91. The number of aliphatic hydroxyl groups excluding tert-OH is 1. The van der Waals surface area contributed by atoms with E-state index in [4.69, 9.17) is 37.0 Å². The molecule has 0 rings (SSSR count). The van der Waals surface area contributed by atoms with Crippen molar-refractivity contribution in [3.05, 3.63) is 0 Å². The van der Waals surface area contributed by atoms with E-state index in [9.17, 15) is 43.2 Å². The molecule has 0 aromatic rings. The van der Waals surface area contributed by atoms with Crippen molar-refractivity contribution in [3.63, 3.8) is 0 Å².